The van der Waals surface area contributed by atoms with Crippen LogP contribution in [0.25, 0.3) is 0 Å². The molecule has 1 heterocycles. The molecule has 3 saturated carbocycles. The van der Waals surface area contributed by atoms with Crippen molar-refractivity contribution in [2.24, 2.45) is 46.3 Å². The van der Waals surface area contributed by atoms with Crippen LogP contribution in [0.4, 0.5) is 0 Å². The SMILES string of the molecule is COC1C(CO)OC(OC2CC3=C4C(O)C(O)C5CC(O)CCC5(C)C4CCC3(C)C2C(C)C=CC(C)C(C)C)C(NC(C)=O)C1O. The van der Waals surface area contributed by atoms with Crippen molar-refractivity contribution >= 4 is 5.91 Å². The zero-order valence-electron chi connectivity index (χ0n) is 29.6. The van der Waals surface area contributed by atoms with Gasteiger partial charge in [0.2, 0.25) is 5.91 Å². The summed E-state index contributed by atoms with van der Waals surface area (Å²) in [6.45, 7) is 14.3. The Labute approximate surface area is 280 Å². The van der Waals surface area contributed by atoms with Crippen LogP contribution in [0.3, 0.4) is 0 Å². The maximum absolute atomic E-state index is 12.3. The Morgan fingerprint density at radius 1 is 1.06 bits per heavy atom. The van der Waals surface area contributed by atoms with Gasteiger partial charge in [0.1, 0.15) is 30.5 Å². The van der Waals surface area contributed by atoms with E-state index in [0.717, 1.165) is 30.4 Å². The number of aliphatic hydroxyl groups excluding tert-OH is 5. The first kappa shape index (κ1) is 36.9. The predicted molar refractivity (Wildman–Crippen MR) is 177 cm³/mol. The van der Waals surface area contributed by atoms with Crippen molar-refractivity contribution in [1.29, 1.82) is 0 Å². The molecule has 0 radical (unpaired) electrons. The number of hydrogen-bond acceptors (Lipinski definition) is 9. The van der Waals surface area contributed by atoms with Crippen LogP contribution in [-0.2, 0) is 19.0 Å². The maximum Gasteiger partial charge on any atom is 0.217 e. The smallest absolute Gasteiger partial charge is 0.217 e. The van der Waals surface area contributed by atoms with E-state index in [4.69, 9.17) is 14.2 Å². The Balaban J connectivity index is 1.57. The Hall–Kier alpha value is -1.37. The van der Waals surface area contributed by atoms with E-state index >= 15 is 0 Å². The molecule has 6 N–H and O–H groups in total. The van der Waals surface area contributed by atoms with Gasteiger partial charge in [-0.2, -0.15) is 0 Å². The normalized spacial score (nSPS) is 46.6. The number of amides is 1. The lowest BCUT2D eigenvalue weighted by atomic mass is 9.47. The van der Waals surface area contributed by atoms with E-state index in [1.807, 2.05) is 0 Å². The minimum atomic E-state index is -1.18. The summed E-state index contributed by atoms with van der Waals surface area (Å²) < 4.78 is 18.6. The third kappa shape index (κ3) is 6.51. The number of fused-ring (bicyclic) bond motifs is 4. The molecule has 10 heteroatoms. The van der Waals surface area contributed by atoms with Gasteiger partial charge in [0.25, 0.3) is 0 Å². The summed E-state index contributed by atoms with van der Waals surface area (Å²) in [5.74, 6) is 0.476. The molecule has 10 nitrogen and oxygen atoms in total. The zero-order valence-corrected chi connectivity index (χ0v) is 29.6. The van der Waals surface area contributed by atoms with Gasteiger partial charge in [-0.1, -0.05) is 59.3 Å². The van der Waals surface area contributed by atoms with Gasteiger partial charge in [-0.3, -0.25) is 4.79 Å². The van der Waals surface area contributed by atoms with E-state index in [2.05, 4.69) is 59.0 Å². The van der Waals surface area contributed by atoms with E-state index < -0.39 is 61.7 Å². The largest absolute Gasteiger partial charge is 0.394 e. The van der Waals surface area contributed by atoms with Gasteiger partial charge in [0, 0.05) is 20.0 Å². The molecule has 4 fully saturated rings. The number of rotatable bonds is 9. The van der Waals surface area contributed by atoms with Gasteiger partial charge in [0.05, 0.1) is 24.9 Å². The first-order valence-corrected chi connectivity index (χ1v) is 17.9. The number of nitrogens with one attached hydrogen (secondary N) is 1. The van der Waals surface area contributed by atoms with Crippen molar-refractivity contribution in [3.05, 3.63) is 23.3 Å². The van der Waals surface area contributed by atoms with Gasteiger partial charge in [-0.25, -0.2) is 0 Å². The average Bonchev–Trinajstić information content (AvgIpc) is 3.31. The van der Waals surface area contributed by atoms with Crippen LogP contribution in [0.2, 0.25) is 0 Å². The number of carbonyl (C=O) groups excluding carboxylic acids is 1. The molecule has 0 aromatic rings. The third-order valence-electron chi connectivity index (χ3n) is 13.3. The highest BCUT2D eigenvalue weighted by Gasteiger charge is 2.62. The summed E-state index contributed by atoms with van der Waals surface area (Å²) in [7, 11) is 1.43. The van der Waals surface area contributed by atoms with Crippen LogP contribution in [-0.4, -0.2) is 100 Å². The van der Waals surface area contributed by atoms with Crippen molar-refractivity contribution in [3.63, 3.8) is 0 Å². The first-order valence-electron chi connectivity index (χ1n) is 17.9. The average molecular weight is 664 g/mol. The molecule has 0 spiro atoms. The number of hydrogen-bond donors (Lipinski definition) is 6. The zero-order chi connectivity index (χ0) is 34.6. The molecular weight excluding hydrogens is 602 g/mol. The Morgan fingerprint density at radius 3 is 2.38 bits per heavy atom. The van der Waals surface area contributed by atoms with E-state index in [9.17, 15) is 30.3 Å². The van der Waals surface area contributed by atoms with Crippen molar-refractivity contribution in [3.8, 4) is 0 Å². The highest BCUT2D eigenvalue weighted by Crippen LogP contribution is 2.66. The number of carbonyl (C=O) groups is 1. The molecule has 5 rings (SSSR count). The number of aliphatic hydroxyl groups is 5. The topological polar surface area (TPSA) is 158 Å². The summed E-state index contributed by atoms with van der Waals surface area (Å²) in [5, 5.41) is 58.2. The molecule has 1 amide bonds. The van der Waals surface area contributed by atoms with Crippen molar-refractivity contribution < 1.29 is 44.5 Å². The summed E-state index contributed by atoms with van der Waals surface area (Å²) in [6, 6.07) is -0.927. The van der Waals surface area contributed by atoms with Crippen LogP contribution in [0.15, 0.2) is 23.3 Å². The van der Waals surface area contributed by atoms with Gasteiger partial charge in [-0.15, -0.1) is 0 Å². The highest BCUT2D eigenvalue weighted by molar-refractivity contribution is 5.73. The van der Waals surface area contributed by atoms with Crippen molar-refractivity contribution in [2.45, 2.75) is 142 Å². The van der Waals surface area contributed by atoms with Crippen LogP contribution < -0.4 is 5.32 Å². The number of ether oxygens (including phenoxy) is 3. The fourth-order valence-corrected chi connectivity index (χ4v) is 10.3. The molecule has 1 aliphatic heterocycles. The van der Waals surface area contributed by atoms with Crippen LogP contribution in [0.5, 0.6) is 0 Å². The van der Waals surface area contributed by atoms with Crippen LogP contribution >= 0.6 is 0 Å². The lowest BCUT2D eigenvalue weighted by molar-refractivity contribution is -0.290. The molecule has 0 aromatic heterocycles. The van der Waals surface area contributed by atoms with Gasteiger partial charge in [-0.05, 0) is 84.5 Å². The fraction of sp³-hybridized carbons (Fsp3) is 0.865. The van der Waals surface area contributed by atoms with Gasteiger partial charge < -0.3 is 45.1 Å². The summed E-state index contributed by atoms with van der Waals surface area (Å²) in [5.41, 5.74) is 1.51. The summed E-state index contributed by atoms with van der Waals surface area (Å²) in [6.07, 6.45) is 2.03. The Morgan fingerprint density at radius 2 is 1.77 bits per heavy atom. The number of methoxy groups -OCH3 is 1. The molecule has 16 atom stereocenters. The molecule has 0 aromatic carbocycles. The predicted octanol–water partition coefficient (Wildman–Crippen LogP) is 3.09. The van der Waals surface area contributed by atoms with E-state index in [1.54, 1.807) is 0 Å². The highest BCUT2D eigenvalue weighted by atomic mass is 16.7. The lowest BCUT2D eigenvalue weighted by Gasteiger charge is -2.59. The molecule has 0 bridgehead atoms. The van der Waals surface area contributed by atoms with E-state index in [1.165, 1.54) is 14.0 Å². The molecule has 1 saturated heterocycles. The lowest BCUT2D eigenvalue weighted by Crippen LogP contribution is -2.65. The molecule has 268 valence electrons. The van der Waals surface area contributed by atoms with Gasteiger partial charge >= 0.3 is 0 Å². The molecule has 16 unspecified atom stereocenters. The minimum absolute atomic E-state index is 0.0314. The van der Waals surface area contributed by atoms with Crippen molar-refractivity contribution in [2.75, 3.05) is 13.7 Å². The maximum atomic E-state index is 12.3. The Kier molecular flexibility index (Phi) is 11.1. The second-order valence-electron chi connectivity index (χ2n) is 16.3. The Bertz CT molecular complexity index is 1190. The molecule has 47 heavy (non-hydrogen) atoms. The fourth-order valence-electron chi connectivity index (χ4n) is 10.3. The minimum Gasteiger partial charge on any atom is -0.394 e. The van der Waals surface area contributed by atoms with E-state index in [0.29, 0.717) is 31.1 Å². The monoisotopic (exact) mass is 663 g/mol. The van der Waals surface area contributed by atoms with Gasteiger partial charge in [0.15, 0.2) is 6.29 Å². The summed E-state index contributed by atoms with van der Waals surface area (Å²) >= 11 is 0. The molecule has 5 aliphatic rings. The standard InChI is InChI=1S/C37H61NO9/c1-18(2)19(3)9-10-20(4)29-26(46-35-30(38-21(5)40)33(44)34(45-8)27(17-39)47-35)16-24-28-23(12-14-37(24,29)7)36(6)13-11-22(41)15-25(36)31(42)32(28)43/h9-10,18-20,22-23,25-27,29-35,39,41-44H,11-17H2,1-8H3,(H,38,40). The number of allylic oxidation sites excluding steroid dienone is 2. The van der Waals surface area contributed by atoms with Crippen molar-refractivity contribution in [1.82, 2.24) is 5.32 Å². The first-order chi connectivity index (χ1) is 22.1. The second kappa shape index (κ2) is 14.1. The summed E-state index contributed by atoms with van der Waals surface area (Å²) in [4.78, 5) is 12.3. The third-order valence-corrected chi connectivity index (χ3v) is 13.3. The van der Waals surface area contributed by atoms with Crippen LogP contribution in [0, 0.1) is 46.3 Å². The molecular formula is C37H61NO9. The second-order valence-corrected chi connectivity index (χ2v) is 16.3. The van der Waals surface area contributed by atoms with Crippen LogP contribution in [0.1, 0.15) is 87.0 Å². The molecule has 4 aliphatic carbocycles. The van der Waals surface area contributed by atoms with E-state index in [-0.39, 0.29) is 40.4 Å². The quantitative estimate of drug-likeness (QED) is 0.204.